The molecule has 1 aliphatic rings. The maximum Gasteiger partial charge on any atom is 0.237 e. The molecule has 1 saturated heterocycles. The van der Waals surface area contributed by atoms with Crippen LogP contribution in [0, 0.1) is 0 Å². The van der Waals surface area contributed by atoms with Crippen molar-refractivity contribution in [2.45, 2.75) is 25.4 Å². The Morgan fingerprint density at radius 1 is 1.64 bits per heavy atom. The zero-order valence-electron chi connectivity index (χ0n) is 7.92. The van der Waals surface area contributed by atoms with Crippen molar-refractivity contribution in [2.24, 2.45) is 0 Å². The fourth-order valence-electron chi connectivity index (χ4n) is 1.58. The first-order valence-corrected chi connectivity index (χ1v) is 4.85. The summed E-state index contributed by atoms with van der Waals surface area (Å²) < 4.78 is 0. The first-order chi connectivity index (χ1) is 6.86. The lowest BCUT2D eigenvalue weighted by Gasteiger charge is -2.22. The monoisotopic (exact) mass is 194 g/mol. The van der Waals surface area contributed by atoms with Crippen molar-refractivity contribution < 1.29 is 4.79 Å². The Bertz CT molecular complexity index is 296. The van der Waals surface area contributed by atoms with Gasteiger partial charge in [0.05, 0.1) is 12.6 Å². The third-order valence-corrected chi connectivity index (χ3v) is 2.36. The van der Waals surface area contributed by atoms with Crippen molar-refractivity contribution in [3.63, 3.8) is 0 Å². The second kappa shape index (κ2) is 4.23. The molecule has 0 aliphatic carbocycles. The number of H-pyrrole nitrogens is 1. The highest BCUT2D eigenvalue weighted by Crippen LogP contribution is 2.03. The van der Waals surface area contributed by atoms with Gasteiger partial charge in [0.2, 0.25) is 5.91 Å². The third-order valence-electron chi connectivity index (χ3n) is 2.36. The molecule has 0 aromatic carbocycles. The van der Waals surface area contributed by atoms with Gasteiger partial charge < -0.3 is 10.3 Å². The molecule has 1 atom stereocenters. The van der Waals surface area contributed by atoms with Gasteiger partial charge in [0.25, 0.3) is 0 Å². The van der Waals surface area contributed by atoms with Crippen molar-refractivity contribution in [3.8, 4) is 0 Å². The highest BCUT2D eigenvalue weighted by Gasteiger charge is 2.20. The van der Waals surface area contributed by atoms with E-state index in [-0.39, 0.29) is 11.9 Å². The molecule has 5 heteroatoms. The molecule has 1 fully saturated rings. The number of aromatic nitrogens is 2. The fraction of sp³-hybridized carbons (Fsp3) is 0.556. The normalized spacial score (nSPS) is 22.0. The molecule has 0 saturated carbocycles. The number of amides is 1. The van der Waals surface area contributed by atoms with Gasteiger partial charge in [-0.25, -0.2) is 4.98 Å². The van der Waals surface area contributed by atoms with Gasteiger partial charge in [-0.3, -0.25) is 10.1 Å². The molecule has 14 heavy (non-hydrogen) atoms. The molecule has 0 bridgehead atoms. The number of piperidine rings is 1. The summed E-state index contributed by atoms with van der Waals surface area (Å²) in [6, 6.07) is -0.0613. The molecule has 2 heterocycles. The first kappa shape index (κ1) is 9.21. The number of hydrogen-bond donors (Lipinski definition) is 3. The Labute approximate surface area is 82.3 Å². The van der Waals surface area contributed by atoms with E-state index in [0.717, 1.165) is 25.2 Å². The van der Waals surface area contributed by atoms with E-state index in [1.807, 2.05) is 0 Å². The first-order valence-electron chi connectivity index (χ1n) is 4.85. The van der Waals surface area contributed by atoms with Crippen LogP contribution in [0.25, 0.3) is 0 Å². The zero-order chi connectivity index (χ0) is 9.80. The van der Waals surface area contributed by atoms with Gasteiger partial charge in [0.15, 0.2) is 0 Å². The van der Waals surface area contributed by atoms with Crippen LogP contribution in [0.5, 0.6) is 0 Å². The number of imidazole rings is 1. The van der Waals surface area contributed by atoms with Crippen LogP contribution >= 0.6 is 0 Å². The summed E-state index contributed by atoms with van der Waals surface area (Å²) >= 11 is 0. The van der Waals surface area contributed by atoms with Crippen LogP contribution < -0.4 is 10.6 Å². The second-order valence-corrected chi connectivity index (χ2v) is 3.40. The molecular formula is C9H14N4O. The lowest BCUT2D eigenvalue weighted by Crippen LogP contribution is -2.48. The van der Waals surface area contributed by atoms with Crippen LogP contribution in [-0.2, 0) is 11.3 Å². The summed E-state index contributed by atoms with van der Waals surface area (Å²) in [5, 5.41) is 6.00. The van der Waals surface area contributed by atoms with E-state index in [9.17, 15) is 4.79 Å². The fourth-order valence-corrected chi connectivity index (χ4v) is 1.58. The summed E-state index contributed by atoms with van der Waals surface area (Å²) in [5.41, 5.74) is 0. The SMILES string of the molecule is O=C1NCCCC1NCc1ncc[nH]1. The number of nitrogens with zero attached hydrogens (tertiary/aromatic N) is 1. The number of carbonyl (C=O) groups is 1. The predicted octanol–water partition coefficient (Wildman–Crippen LogP) is -0.222. The van der Waals surface area contributed by atoms with Gasteiger partial charge in [-0.1, -0.05) is 0 Å². The molecule has 0 spiro atoms. The van der Waals surface area contributed by atoms with Crippen LogP contribution in [0.4, 0.5) is 0 Å². The third kappa shape index (κ3) is 2.11. The molecule has 1 unspecified atom stereocenters. The van der Waals surface area contributed by atoms with Gasteiger partial charge in [-0.05, 0) is 12.8 Å². The maximum absolute atomic E-state index is 11.3. The van der Waals surface area contributed by atoms with Gasteiger partial charge in [-0.15, -0.1) is 0 Å². The Morgan fingerprint density at radius 2 is 2.57 bits per heavy atom. The topological polar surface area (TPSA) is 69.8 Å². The largest absolute Gasteiger partial charge is 0.355 e. The van der Waals surface area contributed by atoms with Crippen molar-refractivity contribution in [2.75, 3.05) is 6.54 Å². The molecule has 5 nitrogen and oxygen atoms in total. The zero-order valence-corrected chi connectivity index (χ0v) is 7.92. The van der Waals surface area contributed by atoms with Crippen LogP contribution in [-0.4, -0.2) is 28.5 Å². The quantitative estimate of drug-likeness (QED) is 0.623. The van der Waals surface area contributed by atoms with E-state index >= 15 is 0 Å². The van der Waals surface area contributed by atoms with Gasteiger partial charge >= 0.3 is 0 Å². The number of rotatable bonds is 3. The molecule has 1 amide bonds. The standard InChI is InChI=1S/C9H14N4O/c14-9-7(2-1-3-12-9)13-6-8-10-4-5-11-8/h4-5,7,13H,1-3,6H2,(H,10,11)(H,12,14). The van der Waals surface area contributed by atoms with Crippen molar-refractivity contribution in [1.29, 1.82) is 0 Å². The van der Waals surface area contributed by atoms with E-state index in [1.54, 1.807) is 12.4 Å². The summed E-state index contributed by atoms with van der Waals surface area (Å²) in [4.78, 5) is 18.4. The number of carbonyl (C=O) groups excluding carboxylic acids is 1. The summed E-state index contributed by atoms with van der Waals surface area (Å²) in [6.07, 6.45) is 5.43. The Morgan fingerprint density at radius 3 is 3.29 bits per heavy atom. The maximum atomic E-state index is 11.3. The minimum Gasteiger partial charge on any atom is -0.355 e. The van der Waals surface area contributed by atoms with Gasteiger partial charge in [-0.2, -0.15) is 0 Å². The molecular weight excluding hydrogens is 180 g/mol. The highest BCUT2D eigenvalue weighted by atomic mass is 16.2. The highest BCUT2D eigenvalue weighted by molar-refractivity contribution is 5.82. The summed E-state index contributed by atoms with van der Waals surface area (Å²) in [5.74, 6) is 0.964. The van der Waals surface area contributed by atoms with Crippen LogP contribution in [0.3, 0.4) is 0 Å². The van der Waals surface area contributed by atoms with Gasteiger partial charge in [0, 0.05) is 18.9 Å². The molecule has 1 aromatic rings. The van der Waals surface area contributed by atoms with E-state index < -0.39 is 0 Å². The molecule has 76 valence electrons. The van der Waals surface area contributed by atoms with E-state index in [1.165, 1.54) is 0 Å². The van der Waals surface area contributed by atoms with Gasteiger partial charge in [0.1, 0.15) is 5.82 Å². The molecule has 2 rings (SSSR count). The summed E-state index contributed by atoms with van der Waals surface area (Å²) in [6.45, 7) is 1.42. The molecule has 3 N–H and O–H groups in total. The van der Waals surface area contributed by atoms with Crippen molar-refractivity contribution >= 4 is 5.91 Å². The Balaban J connectivity index is 1.82. The Hall–Kier alpha value is -1.36. The predicted molar refractivity (Wildman–Crippen MR) is 51.5 cm³/mol. The minimum absolute atomic E-state index is 0.0613. The molecule has 1 aromatic heterocycles. The molecule has 1 aliphatic heterocycles. The van der Waals surface area contributed by atoms with Crippen molar-refractivity contribution in [1.82, 2.24) is 20.6 Å². The van der Waals surface area contributed by atoms with Crippen LogP contribution in [0.2, 0.25) is 0 Å². The van der Waals surface area contributed by atoms with E-state index in [4.69, 9.17) is 0 Å². The number of hydrogen-bond acceptors (Lipinski definition) is 3. The van der Waals surface area contributed by atoms with Crippen LogP contribution in [0.15, 0.2) is 12.4 Å². The van der Waals surface area contributed by atoms with E-state index in [2.05, 4.69) is 20.6 Å². The smallest absolute Gasteiger partial charge is 0.237 e. The number of aromatic amines is 1. The minimum atomic E-state index is -0.0613. The number of nitrogens with one attached hydrogen (secondary N) is 3. The van der Waals surface area contributed by atoms with Crippen LogP contribution in [0.1, 0.15) is 18.7 Å². The van der Waals surface area contributed by atoms with Crippen molar-refractivity contribution in [3.05, 3.63) is 18.2 Å². The lowest BCUT2D eigenvalue weighted by atomic mass is 10.1. The Kier molecular flexibility index (Phi) is 2.78. The summed E-state index contributed by atoms with van der Waals surface area (Å²) in [7, 11) is 0. The average molecular weight is 194 g/mol. The van der Waals surface area contributed by atoms with E-state index in [0.29, 0.717) is 6.54 Å². The second-order valence-electron chi connectivity index (χ2n) is 3.40. The average Bonchev–Trinajstić information content (AvgIpc) is 2.69. The molecule has 0 radical (unpaired) electrons. The lowest BCUT2D eigenvalue weighted by molar-refractivity contribution is -0.124.